The molecule has 0 aliphatic carbocycles. The fourth-order valence-corrected chi connectivity index (χ4v) is 4.61. The first-order chi connectivity index (χ1) is 10.0. The highest BCUT2D eigenvalue weighted by Crippen LogP contribution is 2.26. The molecule has 108 valence electrons. The monoisotopic (exact) mass is 357 g/mol. The van der Waals surface area contributed by atoms with Crippen LogP contribution in [0.4, 0.5) is 5.69 Å². The Balaban J connectivity index is 1.82. The summed E-state index contributed by atoms with van der Waals surface area (Å²) in [4.78, 5) is 7.93. The summed E-state index contributed by atoms with van der Waals surface area (Å²) in [6, 6.07) is 7.01. The maximum Gasteiger partial charge on any atom is 0.273 e. The molecule has 1 N–H and O–H groups in total. The van der Waals surface area contributed by atoms with Crippen LogP contribution in [0, 0.1) is 0 Å². The Labute approximate surface area is 134 Å². The van der Waals surface area contributed by atoms with Crippen molar-refractivity contribution in [3.63, 3.8) is 0 Å². The molecule has 3 aromatic rings. The standard InChI is InChI=1S/C12H8ClN3O2S3/c13-12-15-7-10(20-12)21(17,18)16-9-3-1-8(2-4-9)11-14-5-6-19-11/h1-7,16H. The molecular weight excluding hydrogens is 350 g/mol. The molecule has 0 fully saturated rings. The van der Waals surface area contributed by atoms with Crippen molar-refractivity contribution in [1.29, 1.82) is 0 Å². The van der Waals surface area contributed by atoms with Gasteiger partial charge in [-0.1, -0.05) is 22.9 Å². The molecule has 0 radical (unpaired) electrons. The molecule has 0 aliphatic heterocycles. The van der Waals surface area contributed by atoms with Crippen molar-refractivity contribution in [2.75, 3.05) is 4.72 Å². The van der Waals surface area contributed by atoms with Gasteiger partial charge in [-0.2, -0.15) is 0 Å². The summed E-state index contributed by atoms with van der Waals surface area (Å²) in [5.41, 5.74) is 1.41. The summed E-state index contributed by atoms with van der Waals surface area (Å²) in [6.45, 7) is 0. The van der Waals surface area contributed by atoms with Crippen LogP contribution in [0.3, 0.4) is 0 Å². The van der Waals surface area contributed by atoms with Gasteiger partial charge in [-0.25, -0.2) is 18.4 Å². The van der Waals surface area contributed by atoms with E-state index in [1.165, 1.54) is 17.5 Å². The molecule has 0 unspecified atom stereocenters. The number of anilines is 1. The first-order valence-corrected chi connectivity index (χ1v) is 9.24. The molecule has 0 saturated heterocycles. The van der Waals surface area contributed by atoms with Gasteiger partial charge in [-0.15, -0.1) is 11.3 Å². The molecule has 9 heteroatoms. The number of aromatic nitrogens is 2. The Bertz CT molecular complexity index is 842. The van der Waals surface area contributed by atoms with Crippen LogP contribution >= 0.6 is 34.3 Å². The molecule has 0 bridgehead atoms. The molecule has 0 saturated carbocycles. The number of nitrogens with zero attached hydrogens (tertiary/aromatic N) is 2. The van der Waals surface area contributed by atoms with Crippen molar-refractivity contribution in [2.24, 2.45) is 0 Å². The van der Waals surface area contributed by atoms with E-state index in [1.54, 1.807) is 18.3 Å². The molecule has 21 heavy (non-hydrogen) atoms. The van der Waals surface area contributed by atoms with Crippen LogP contribution in [-0.2, 0) is 10.0 Å². The summed E-state index contributed by atoms with van der Waals surface area (Å²) in [7, 11) is -3.65. The second kappa shape index (κ2) is 5.72. The number of thiazole rings is 2. The molecular formula is C12H8ClN3O2S3. The zero-order chi connectivity index (χ0) is 14.9. The van der Waals surface area contributed by atoms with E-state index in [2.05, 4.69) is 14.7 Å². The van der Waals surface area contributed by atoms with E-state index in [0.717, 1.165) is 21.9 Å². The first kappa shape index (κ1) is 14.5. The quantitative estimate of drug-likeness (QED) is 0.772. The lowest BCUT2D eigenvalue weighted by atomic mass is 10.2. The third kappa shape index (κ3) is 3.24. The third-order valence-corrected chi connectivity index (χ3v) is 6.32. The second-order valence-electron chi connectivity index (χ2n) is 3.95. The van der Waals surface area contributed by atoms with Gasteiger partial charge in [0, 0.05) is 22.8 Å². The summed E-state index contributed by atoms with van der Waals surface area (Å²) in [5.74, 6) is 0. The fraction of sp³-hybridized carbons (Fsp3) is 0. The summed E-state index contributed by atoms with van der Waals surface area (Å²) >= 11 is 8.09. The van der Waals surface area contributed by atoms with Crippen molar-refractivity contribution in [1.82, 2.24) is 9.97 Å². The molecule has 2 heterocycles. The predicted octanol–water partition coefficient (Wildman–Crippen LogP) is 3.72. The summed E-state index contributed by atoms with van der Waals surface area (Å²) in [5, 5.41) is 2.78. The lowest BCUT2D eigenvalue weighted by molar-refractivity contribution is 0.603. The van der Waals surface area contributed by atoms with Crippen LogP contribution in [0.25, 0.3) is 10.6 Å². The average Bonchev–Trinajstić information content (AvgIpc) is 3.10. The van der Waals surface area contributed by atoms with Crippen molar-refractivity contribution in [3.8, 4) is 10.6 Å². The molecule has 0 spiro atoms. The molecule has 3 rings (SSSR count). The van der Waals surface area contributed by atoms with Crippen LogP contribution in [0.2, 0.25) is 4.47 Å². The molecule has 0 atom stereocenters. The molecule has 0 amide bonds. The lowest BCUT2D eigenvalue weighted by Crippen LogP contribution is -2.11. The number of hydrogen-bond donors (Lipinski definition) is 1. The molecule has 5 nitrogen and oxygen atoms in total. The van der Waals surface area contributed by atoms with Crippen molar-refractivity contribution < 1.29 is 8.42 Å². The van der Waals surface area contributed by atoms with Crippen LogP contribution in [0.5, 0.6) is 0 Å². The van der Waals surface area contributed by atoms with E-state index >= 15 is 0 Å². The zero-order valence-corrected chi connectivity index (χ0v) is 13.6. The van der Waals surface area contributed by atoms with Crippen molar-refractivity contribution in [2.45, 2.75) is 4.21 Å². The fourth-order valence-electron chi connectivity index (χ4n) is 1.62. The highest BCUT2D eigenvalue weighted by molar-refractivity contribution is 7.94. The number of halogens is 1. The van der Waals surface area contributed by atoms with Gasteiger partial charge in [0.1, 0.15) is 5.01 Å². The summed E-state index contributed by atoms with van der Waals surface area (Å²) in [6.07, 6.45) is 2.96. The van der Waals surface area contributed by atoms with Crippen LogP contribution < -0.4 is 4.72 Å². The highest BCUT2D eigenvalue weighted by Gasteiger charge is 2.17. The van der Waals surface area contributed by atoms with E-state index in [9.17, 15) is 8.42 Å². The van der Waals surface area contributed by atoms with Gasteiger partial charge >= 0.3 is 0 Å². The van der Waals surface area contributed by atoms with Gasteiger partial charge in [0.05, 0.1) is 6.20 Å². The molecule has 0 aliphatic rings. The van der Waals surface area contributed by atoms with Gasteiger partial charge in [0.25, 0.3) is 10.0 Å². The number of sulfonamides is 1. The average molecular weight is 358 g/mol. The van der Waals surface area contributed by atoms with E-state index in [-0.39, 0.29) is 8.68 Å². The highest BCUT2D eigenvalue weighted by atomic mass is 35.5. The lowest BCUT2D eigenvalue weighted by Gasteiger charge is -2.06. The minimum Gasteiger partial charge on any atom is -0.279 e. The van der Waals surface area contributed by atoms with Crippen LogP contribution in [0.1, 0.15) is 0 Å². The number of benzene rings is 1. The smallest absolute Gasteiger partial charge is 0.273 e. The Morgan fingerprint density at radius 1 is 1.14 bits per heavy atom. The van der Waals surface area contributed by atoms with Crippen molar-refractivity contribution >= 4 is 50.0 Å². The second-order valence-corrected chi connectivity index (χ2v) is 8.37. The number of nitrogens with one attached hydrogen (secondary N) is 1. The maximum atomic E-state index is 12.1. The van der Waals surface area contributed by atoms with Gasteiger partial charge < -0.3 is 0 Å². The first-order valence-electron chi connectivity index (χ1n) is 5.69. The van der Waals surface area contributed by atoms with Gasteiger partial charge in [-0.05, 0) is 24.3 Å². The van der Waals surface area contributed by atoms with E-state index in [4.69, 9.17) is 11.6 Å². The van der Waals surface area contributed by atoms with E-state index in [0.29, 0.717) is 5.69 Å². The maximum absolute atomic E-state index is 12.1. The van der Waals surface area contributed by atoms with Gasteiger partial charge in [0.2, 0.25) is 0 Å². The normalized spacial score (nSPS) is 11.5. The SMILES string of the molecule is O=S(=O)(Nc1ccc(-c2nccs2)cc1)c1cnc(Cl)s1. The Hall–Kier alpha value is -1.48. The third-order valence-electron chi connectivity index (χ3n) is 2.54. The minimum atomic E-state index is -3.65. The largest absolute Gasteiger partial charge is 0.279 e. The Kier molecular flexibility index (Phi) is 3.94. The summed E-state index contributed by atoms with van der Waals surface area (Å²) < 4.78 is 27.0. The Morgan fingerprint density at radius 2 is 1.90 bits per heavy atom. The number of rotatable bonds is 4. The Morgan fingerprint density at radius 3 is 2.48 bits per heavy atom. The van der Waals surface area contributed by atoms with Crippen LogP contribution in [0.15, 0.2) is 46.2 Å². The zero-order valence-electron chi connectivity index (χ0n) is 10.4. The van der Waals surface area contributed by atoms with Crippen molar-refractivity contribution in [3.05, 3.63) is 46.5 Å². The van der Waals surface area contributed by atoms with E-state index < -0.39 is 10.0 Å². The number of hydrogen-bond acceptors (Lipinski definition) is 6. The van der Waals surface area contributed by atoms with E-state index in [1.807, 2.05) is 17.5 Å². The predicted molar refractivity (Wildman–Crippen MR) is 85.5 cm³/mol. The molecule has 1 aromatic carbocycles. The van der Waals surface area contributed by atoms with Crippen LogP contribution in [-0.4, -0.2) is 18.4 Å². The molecule has 2 aromatic heterocycles. The van der Waals surface area contributed by atoms with Gasteiger partial charge in [-0.3, -0.25) is 4.72 Å². The minimum absolute atomic E-state index is 0.0801. The topological polar surface area (TPSA) is 72.0 Å². The van der Waals surface area contributed by atoms with Gasteiger partial charge in [0.15, 0.2) is 8.68 Å².